The first kappa shape index (κ1) is 14.5. The molecule has 1 unspecified atom stereocenters. The number of aromatic hydroxyl groups is 1. The number of benzene rings is 1. The van der Waals surface area contributed by atoms with Crippen LogP contribution in [0.15, 0.2) is 24.3 Å². The Morgan fingerprint density at radius 1 is 1.40 bits per heavy atom. The molecule has 106 valence electrons. The number of carbonyl (C=O) groups is 1. The van der Waals surface area contributed by atoms with Gasteiger partial charge in [0.05, 0.1) is 12.6 Å². The van der Waals surface area contributed by atoms with Crippen molar-refractivity contribution in [2.45, 2.75) is 46.1 Å². The van der Waals surface area contributed by atoms with E-state index in [1.165, 1.54) is 0 Å². The van der Waals surface area contributed by atoms with Gasteiger partial charge < -0.3 is 5.11 Å². The van der Waals surface area contributed by atoms with Gasteiger partial charge in [-0.1, -0.05) is 13.8 Å². The van der Waals surface area contributed by atoms with Crippen LogP contribution in [0, 0.1) is 6.42 Å². The number of allylic oxidation sites excluding steroid dienone is 1. The first-order chi connectivity index (χ1) is 9.46. The minimum absolute atomic E-state index is 0.0870. The number of fused-ring (bicyclic) bond motifs is 1. The van der Waals surface area contributed by atoms with E-state index in [2.05, 4.69) is 13.0 Å². The van der Waals surface area contributed by atoms with E-state index >= 15 is 0 Å². The maximum atomic E-state index is 12.4. The van der Waals surface area contributed by atoms with Gasteiger partial charge in [0.15, 0.2) is 0 Å². The van der Waals surface area contributed by atoms with E-state index in [1.807, 2.05) is 38.2 Å². The van der Waals surface area contributed by atoms with Gasteiger partial charge in [-0.2, -0.15) is 0 Å². The molecule has 1 N–H and O–H groups in total. The SMILES string of the molecule is C[CH+]C1(C)C=C(CC)c2cc(O)ccc2N1C(=O)CC. The molecule has 1 aromatic rings. The largest absolute Gasteiger partial charge is 0.508 e. The first-order valence-corrected chi connectivity index (χ1v) is 7.15. The van der Waals surface area contributed by atoms with Gasteiger partial charge in [0.2, 0.25) is 11.4 Å². The Morgan fingerprint density at radius 3 is 2.65 bits per heavy atom. The lowest BCUT2D eigenvalue weighted by molar-refractivity contribution is -0.119. The molecule has 1 atom stereocenters. The third kappa shape index (κ3) is 2.17. The molecular formula is C17H22NO2+. The molecule has 1 aliphatic rings. The molecular weight excluding hydrogens is 250 g/mol. The summed E-state index contributed by atoms with van der Waals surface area (Å²) in [6.07, 6.45) is 5.50. The second-order valence-corrected chi connectivity index (χ2v) is 5.32. The Hall–Kier alpha value is -1.90. The zero-order valence-corrected chi connectivity index (χ0v) is 12.6. The number of amides is 1. The second-order valence-electron chi connectivity index (χ2n) is 5.32. The number of hydrogen-bond donors (Lipinski definition) is 1. The van der Waals surface area contributed by atoms with Crippen molar-refractivity contribution in [3.05, 3.63) is 36.3 Å². The number of carbonyl (C=O) groups excluding carboxylic acids is 1. The second kappa shape index (κ2) is 5.23. The molecule has 0 saturated carbocycles. The molecule has 20 heavy (non-hydrogen) atoms. The standard InChI is InChI=1S/C17H21NO2/c1-5-12-11-17(4,7-3)18(16(20)6-2)15-9-8-13(19)10-14(12)15/h7-11H,5-6H2,1-4H3/p+1. The van der Waals surface area contributed by atoms with Crippen molar-refractivity contribution in [2.24, 2.45) is 0 Å². The van der Waals surface area contributed by atoms with Gasteiger partial charge >= 0.3 is 0 Å². The van der Waals surface area contributed by atoms with E-state index < -0.39 is 5.54 Å². The fourth-order valence-corrected chi connectivity index (χ4v) is 2.80. The predicted octanol–water partition coefficient (Wildman–Crippen LogP) is 3.93. The molecule has 1 heterocycles. The average molecular weight is 272 g/mol. The molecule has 0 radical (unpaired) electrons. The quantitative estimate of drug-likeness (QED) is 0.847. The van der Waals surface area contributed by atoms with Crippen molar-refractivity contribution >= 4 is 17.2 Å². The van der Waals surface area contributed by atoms with Crippen LogP contribution in [0.5, 0.6) is 5.75 Å². The Morgan fingerprint density at radius 2 is 2.10 bits per heavy atom. The Kier molecular flexibility index (Phi) is 3.80. The van der Waals surface area contributed by atoms with E-state index in [0.717, 1.165) is 23.2 Å². The topological polar surface area (TPSA) is 40.5 Å². The Labute approximate surface area is 120 Å². The number of nitrogens with zero attached hydrogens (tertiary/aromatic N) is 1. The zero-order chi connectivity index (χ0) is 14.9. The number of anilines is 1. The molecule has 0 bridgehead atoms. The van der Waals surface area contributed by atoms with Gasteiger partial charge in [-0.05, 0) is 36.3 Å². The summed E-state index contributed by atoms with van der Waals surface area (Å²) < 4.78 is 0. The van der Waals surface area contributed by atoms with Crippen LogP contribution in [0.4, 0.5) is 5.69 Å². The smallest absolute Gasteiger partial charge is 0.230 e. The highest BCUT2D eigenvalue weighted by atomic mass is 16.3. The highest BCUT2D eigenvalue weighted by molar-refractivity contribution is 6.01. The average Bonchev–Trinajstić information content (AvgIpc) is 2.46. The Balaban J connectivity index is 2.68. The van der Waals surface area contributed by atoms with Crippen LogP contribution < -0.4 is 4.90 Å². The van der Waals surface area contributed by atoms with Gasteiger partial charge in [-0.25, -0.2) is 0 Å². The van der Waals surface area contributed by atoms with Crippen LogP contribution in [0.1, 0.15) is 46.1 Å². The van der Waals surface area contributed by atoms with Gasteiger partial charge in [-0.15, -0.1) is 0 Å². The number of phenols is 1. The lowest BCUT2D eigenvalue weighted by atomic mass is 9.84. The predicted molar refractivity (Wildman–Crippen MR) is 82.5 cm³/mol. The van der Waals surface area contributed by atoms with Gasteiger partial charge in [-0.3, -0.25) is 9.69 Å². The summed E-state index contributed by atoms with van der Waals surface area (Å²) >= 11 is 0. The van der Waals surface area contributed by atoms with E-state index in [4.69, 9.17) is 0 Å². The highest BCUT2D eigenvalue weighted by Crippen LogP contribution is 2.43. The van der Waals surface area contributed by atoms with E-state index in [0.29, 0.717) is 6.42 Å². The van der Waals surface area contributed by atoms with Crippen molar-refractivity contribution in [1.29, 1.82) is 0 Å². The molecule has 1 aromatic carbocycles. The summed E-state index contributed by atoms with van der Waals surface area (Å²) in [6, 6.07) is 5.22. The third-order valence-corrected chi connectivity index (χ3v) is 4.03. The summed E-state index contributed by atoms with van der Waals surface area (Å²) in [5.74, 6) is 0.319. The van der Waals surface area contributed by atoms with Crippen LogP contribution in [-0.4, -0.2) is 16.6 Å². The zero-order valence-electron chi connectivity index (χ0n) is 12.6. The van der Waals surface area contributed by atoms with Crippen LogP contribution >= 0.6 is 0 Å². The first-order valence-electron chi connectivity index (χ1n) is 7.15. The number of rotatable bonds is 3. The lowest BCUT2D eigenvalue weighted by Gasteiger charge is -2.38. The van der Waals surface area contributed by atoms with E-state index in [-0.39, 0.29) is 11.7 Å². The molecule has 0 spiro atoms. The summed E-state index contributed by atoms with van der Waals surface area (Å²) in [5, 5.41) is 9.73. The molecule has 0 aromatic heterocycles. The van der Waals surface area contributed by atoms with Crippen molar-refractivity contribution < 1.29 is 9.90 Å². The van der Waals surface area contributed by atoms with E-state index in [9.17, 15) is 9.90 Å². The van der Waals surface area contributed by atoms with Crippen LogP contribution in [0.25, 0.3) is 5.57 Å². The molecule has 0 fully saturated rings. The fourth-order valence-electron chi connectivity index (χ4n) is 2.80. The number of phenolic OH excluding ortho intramolecular Hbond substituents is 1. The summed E-state index contributed by atoms with van der Waals surface area (Å²) in [6.45, 7) is 7.99. The minimum atomic E-state index is -0.414. The van der Waals surface area contributed by atoms with Gasteiger partial charge in [0.25, 0.3) is 0 Å². The van der Waals surface area contributed by atoms with Crippen molar-refractivity contribution in [3.8, 4) is 5.75 Å². The maximum Gasteiger partial charge on any atom is 0.230 e. The summed E-state index contributed by atoms with van der Waals surface area (Å²) in [7, 11) is 0. The van der Waals surface area contributed by atoms with Crippen LogP contribution in [0.2, 0.25) is 0 Å². The molecule has 3 heteroatoms. The van der Waals surface area contributed by atoms with Crippen LogP contribution in [-0.2, 0) is 4.79 Å². The molecule has 3 nitrogen and oxygen atoms in total. The fraction of sp³-hybridized carbons (Fsp3) is 0.412. The van der Waals surface area contributed by atoms with Crippen molar-refractivity contribution in [1.82, 2.24) is 0 Å². The molecule has 0 aliphatic carbocycles. The molecule has 1 amide bonds. The monoisotopic (exact) mass is 272 g/mol. The minimum Gasteiger partial charge on any atom is -0.508 e. The van der Waals surface area contributed by atoms with Crippen molar-refractivity contribution in [3.63, 3.8) is 0 Å². The molecule has 0 saturated heterocycles. The normalized spacial score (nSPS) is 21.2. The third-order valence-electron chi connectivity index (χ3n) is 4.03. The lowest BCUT2D eigenvalue weighted by Crippen LogP contribution is -2.50. The Bertz CT molecular complexity index is 562. The maximum absolute atomic E-state index is 12.4. The van der Waals surface area contributed by atoms with Gasteiger partial charge in [0.1, 0.15) is 12.2 Å². The van der Waals surface area contributed by atoms with Crippen molar-refractivity contribution in [2.75, 3.05) is 4.90 Å². The summed E-state index contributed by atoms with van der Waals surface area (Å²) in [4.78, 5) is 14.2. The van der Waals surface area contributed by atoms with E-state index in [1.54, 1.807) is 12.1 Å². The van der Waals surface area contributed by atoms with Crippen LogP contribution in [0.3, 0.4) is 0 Å². The highest BCUT2D eigenvalue weighted by Gasteiger charge is 2.43. The van der Waals surface area contributed by atoms with Gasteiger partial charge in [0, 0.05) is 18.9 Å². The summed E-state index contributed by atoms with van der Waals surface area (Å²) in [5.41, 5.74) is 2.59. The number of hydrogen-bond acceptors (Lipinski definition) is 2. The molecule has 1 aliphatic heterocycles. The molecule has 2 rings (SSSR count).